The maximum atomic E-state index is 11.6. The zero-order valence-electron chi connectivity index (χ0n) is 11.5. The van der Waals surface area contributed by atoms with Gasteiger partial charge >= 0.3 is 0 Å². The third-order valence-corrected chi connectivity index (χ3v) is 2.91. The van der Waals surface area contributed by atoms with Gasteiger partial charge in [-0.1, -0.05) is 37.3 Å². The molecule has 0 saturated heterocycles. The lowest BCUT2D eigenvalue weighted by Crippen LogP contribution is -2.88. The van der Waals surface area contributed by atoms with Crippen molar-refractivity contribution in [3.8, 4) is 0 Å². The molecule has 19 heavy (non-hydrogen) atoms. The molecule has 1 atom stereocenters. The molecule has 0 unspecified atom stereocenters. The van der Waals surface area contributed by atoms with Crippen molar-refractivity contribution >= 4 is 11.8 Å². The van der Waals surface area contributed by atoms with E-state index in [1.54, 1.807) is 12.4 Å². The van der Waals surface area contributed by atoms with Crippen LogP contribution in [0, 0.1) is 0 Å². The summed E-state index contributed by atoms with van der Waals surface area (Å²) < 4.78 is 0. The van der Waals surface area contributed by atoms with Crippen LogP contribution in [0.5, 0.6) is 0 Å². The van der Waals surface area contributed by atoms with E-state index in [-0.39, 0.29) is 30.8 Å². The van der Waals surface area contributed by atoms with Gasteiger partial charge in [0.1, 0.15) is 0 Å². The summed E-state index contributed by atoms with van der Waals surface area (Å²) >= 11 is 0. The van der Waals surface area contributed by atoms with Gasteiger partial charge in [-0.05, 0) is 11.5 Å². The summed E-state index contributed by atoms with van der Waals surface area (Å²) in [6.07, 6.45) is 0. The van der Waals surface area contributed by atoms with E-state index in [1.165, 1.54) is 5.56 Å². The highest BCUT2D eigenvalue weighted by Crippen LogP contribution is 2.12. The molecule has 0 aliphatic heterocycles. The highest BCUT2D eigenvalue weighted by atomic mass is 16.2. The van der Waals surface area contributed by atoms with Gasteiger partial charge in [-0.25, -0.2) is 0 Å². The van der Waals surface area contributed by atoms with Crippen LogP contribution < -0.4 is 16.0 Å². The fourth-order valence-corrected chi connectivity index (χ4v) is 1.67. The molecule has 4 N–H and O–H groups in total. The van der Waals surface area contributed by atoms with Gasteiger partial charge < -0.3 is 16.0 Å². The largest absolute Gasteiger partial charge is 0.354 e. The number of amides is 2. The molecule has 0 fully saturated rings. The molecule has 0 spiro atoms. The lowest BCUT2D eigenvalue weighted by molar-refractivity contribution is -0.633. The van der Waals surface area contributed by atoms with Crippen molar-refractivity contribution in [1.29, 1.82) is 0 Å². The van der Waals surface area contributed by atoms with E-state index in [1.807, 2.05) is 18.2 Å². The minimum Gasteiger partial charge on any atom is -0.354 e. The van der Waals surface area contributed by atoms with Crippen LogP contribution in [0.1, 0.15) is 18.4 Å². The average molecular weight is 264 g/mol. The average Bonchev–Trinajstić information content (AvgIpc) is 2.45. The van der Waals surface area contributed by atoms with Crippen LogP contribution in [0.2, 0.25) is 0 Å². The summed E-state index contributed by atoms with van der Waals surface area (Å²) in [6.45, 7) is 3.23. The molecule has 0 bridgehead atoms. The normalized spacial score (nSPS) is 11.7. The second-order valence-corrected chi connectivity index (χ2v) is 4.49. The molecule has 1 rings (SSSR count). The topological polar surface area (TPSA) is 74.8 Å². The molecule has 5 heteroatoms. The quantitative estimate of drug-likeness (QED) is 0.604. The van der Waals surface area contributed by atoms with Crippen molar-refractivity contribution in [1.82, 2.24) is 10.6 Å². The molecule has 0 radical (unpaired) electrons. The van der Waals surface area contributed by atoms with Crippen molar-refractivity contribution in [2.45, 2.75) is 12.8 Å². The summed E-state index contributed by atoms with van der Waals surface area (Å²) in [4.78, 5) is 22.5. The summed E-state index contributed by atoms with van der Waals surface area (Å²) in [6, 6.07) is 10.1. The number of carbonyl (C=O) groups is 2. The minimum atomic E-state index is -0.0783. The van der Waals surface area contributed by atoms with Gasteiger partial charge in [-0.3, -0.25) is 9.59 Å². The Morgan fingerprint density at radius 2 is 1.79 bits per heavy atom. The summed E-state index contributed by atoms with van der Waals surface area (Å²) in [5, 5.41) is 7.06. The van der Waals surface area contributed by atoms with Gasteiger partial charge in [0.15, 0.2) is 13.1 Å². The van der Waals surface area contributed by atoms with E-state index in [0.29, 0.717) is 6.54 Å². The van der Waals surface area contributed by atoms with E-state index in [4.69, 9.17) is 0 Å². The van der Waals surface area contributed by atoms with Crippen LogP contribution in [0.4, 0.5) is 0 Å². The van der Waals surface area contributed by atoms with Crippen LogP contribution in [0.15, 0.2) is 30.3 Å². The molecular weight excluding hydrogens is 242 g/mol. The van der Waals surface area contributed by atoms with Crippen molar-refractivity contribution in [2.24, 2.45) is 0 Å². The number of nitrogens with one attached hydrogen (secondary N) is 2. The fraction of sp³-hybridized carbons (Fsp3) is 0.429. The number of hydrogen-bond donors (Lipinski definition) is 3. The zero-order chi connectivity index (χ0) is 14.1. The number of nitrogens with two attached hydrogens (primary N) is 1. The van der Waals surface area contributed by atoms with Gasteiger partial charge in [0.2, 0.25) is 0 Å². The Hall–Kier alpha value is -1.88. The Kier molecular flexibility index (Phi) is 6.60. The zero-order valence-corrected chi connectivity index (χ0v) is 11.5. The Balaban J connectivity index is 2.21. The van der Waals surface area contributed by atoms with Gasteiger partial charge in [0.05, 0.1) is 0 Å². The molecule has 0 heterocycles. The molecule has 0 aliphatic rings. The van der Waals surface area contributed by atoms with Crippen LogP contribution in [-0.4, -0.2) is 38.5 Å². The molecule has 104 valence electrons. The summed E-state index contributed by atoms with van der Waals surface area (Å²) in [5.41, 5.74) is 1.21. The number of hydrogen-bond acceptors (Lipinski definition) is 2. The molecule has 2 amide bonds. The predicted octanol–water partition coefficient (Wildman–Crippen LogP) is -0.784. The Labute approximate surface area is 113 Å². The molecule has 1 aromatic rings. The maximum absolute atomic E-state index is 11.6. The first kappa shape index (κ1) is 15.2. The number of carbonyl (C=O) groups excluding carboxylic acids is 2. The lowest BCUT2D eigenvalue weighted by atomic mass is 10.0. The smallest absolute Gasteiger partial charge is 0.275 e. The van der Waals surface area contributed by atoms with E-state index < -0.39 is 0 Å². The van der Waals surface area contributed by atoms with Crippen molar-refractivity contribution in [2.75, 3.05) is 26.7 Å². The van der Waals surface area contributed by atoms with Crippen LogP contribution in [0.25, 0.3) is 0 Å². The molecule has 0 aromatic heterocycles. The highest BCUT2D eigenvalue weighted by Gasteiger charge is 2.09. The van der Waals surface area contributed by atoms with Gasteiger partial charge in [-0.2, -0.15) is 0 Å². The lowest BCUT2D eigenvalue weighted by Gasteiger charge is -2.12. The molecule has 0 aliphatic carbocycles. The molecule has 1 aromatic carbocycles. The standard InChI is InChI=1S/C14H21N3O2/c1-11(12-6-4-3-5-7-12)8-17-14(19)10-16-9-13(18)15-2/h3-7,11,16H,8-10H2,1-2H3,(H,15,18)(H,17,19)/p+1/t11-/m0/s1. The number of benzene rings is 1. The van der Waals surface area contributed by atoms with Crippen molar-refractivity contribution < 1.29 is 14.9 Å². The first-order valence-corrected chi connectivity index (χ1v) is 6.47. The molecule has 5 nitrogen and oxygen atoms in total. The minimum absolute atomic E-state index is 0.0494. The van der Waals surface area contributed by atoms with Gasteiger partial charge in [0, 0.05) is 13.6 Å². The van der Waals surface area contributed by atoms with Crippen molar-refractivity contribution in [3.05, 3.63) is 35.9 Å². The number of rotatable bonds is 7. The van der Waals surface area contributed by atoms with Crippen LogP contribution >= 0.6 is 0 Å². The third kappa shape index (κ3) is 6.01. The van der Waals surface area contributed by atoms with Gasteiger partial charge in [-0.15, -0.1) is 0 Å². The van der Waals surface area contributed by atoms with Crippen molar-refractivity contribution in [3.63, 3.8) is 0 Å². The second kappa shape index (κ2) is 8.26. The SMILES string of the molecule is CNC(=O)C[NH2+]CC(=O)NC[C@H](C)c1ccccc1. The second-order valence-electron chi connectivity index (χ2n) is 4.49. The van der Waals surface area contributed by atoms with Crippen LogP contribution in [0.3, 0.4) is 0 Å². The Bertz CT molecular complexity index is 406. The van der Waals surface area contributed by atoms with Crippen LogP contribution in [-0.2, 0) is 9.59 Å². The summed E-state index contributed by atoms with van der Waals surface area (Å²) in [7, 11) is 1.58. The highest BCUT2D eigenvalue weighted by molar-refractivity contribution is 5.78. The molecule has 0 saturated carbocycles. The number of quaternary nitrogens is 1. The predicted molar refractivity (Wildman–Crippen MR) is 73.6 cm³/mol. The Morgan fingerprint density at radius 3 is 2.42 bits per heavy atom. The molecular formula is C14H22N3O2+. The first-order chi connectivity index (χ1) is 9.13. The maximum Gasteiger partial charge on any atom is 0.275 e. The van der Waals surface area contributed by atoms with E-state index >= 15 is 0 Å². The monoisotopic (exact) mass is 264 g/mol. The summed E-state index contributed by atoms with van der Waals surface area (Å²) in [5.74, 6) is 0.154. The van der Waals surface area contributed by atoms with E-state index in [2.05, 4.69) is 29.7 Å². The van der Waals surface area contributed by atoms with E-state index in [9.17, 15) is 9.59 Å². The van der Waals surface area contributed by atoms with Gasteiger partial charge in [0.25, 0.3) is 11.8 Å². The van der Waals surface area contributed by atoms with E-state index in [0.717, 1.165) is 0 Å². The third-order valence-electron chi connectivity index (χ3n) is 2.91. The fourth-order valence-electron chi connectivity index (χ4n) is 1.67. The number of likely N-dealkylation sites (N-methyl/N-ethyl adjacent to an activating group) is 1. The Morgan fingerprint density at radius 1 is 1.16 bits per heavy atom. The first-order valence-electron chi connectivity index (χ1n) is 6.47.